The van der Waals surface area contributed by atoms with Crippen molar-refractivity contribution in [1.29, 1.82) is 0 Å². The number of anilines is 1. The molecule has 1 heterocycles. The van der Waals surface area contributed by atoms with E-state index in [2.05, 4.69) is 10.3 Å². The number of carbonyl (C=O) groups excluding carboxylic acids is 1. The van der Waals surface area contributed by atoms with Crippen molar-refractivity contribution < 1.29 is 14.3 Å². The number of pyridine rings is 1. The fourth-order valence-corrected chi connectivity index (χ4v) is 2.47. The Balaban J connectivity index is 1.90. The van der Waals surface area contributed by atoms with E-state index in [0.29, 0.717) is 11.4 Å². The van der Waals surface area contributed by atoms with Crippen LogP contribution in [0.1, 0.15) is 10.5 Å². The van der Waals surface area contributed by atoms with Crippen molar-refractivity contribution in [3.05, 3.63) is 72.6 Å². The highest BCUT2D eigenvalue weighted by molar-refractivity contribution is 6.03. The first-order chi connectivity index (χ1) is 12.2. The molecule has 126 valence electrons. The minimum Gasteiger partial charge on any atom is -0.497 e. The maximum atomic E-state index is 12.3. The van der Waals surface area contributed by atoms with Gasteiger partial charge in [-0.25, -0.2) is 0 Å². The second-order valence-electron chi connectivity index (χ2n) is 5.31. The second kappa shape index (κ2) is 7.49. The van der Waals surface area contributed by atoms with Crippen LogP contribution in [0.15, 0.2) is 66.9 Å². The normalized spacial score (nSPS) is 10.2. The van der Waals surface area contributed by atoms with Gasteiger partial charge in [0.1, 0.15) is 17.2 Å². The van der Waals surface area contributed by atoms with E-state index >= 15 is 0 Å². The van der Waals surface area contributed by atoms with Crippen LogP contribution in [-0.4, -0.2) is 25.1 Å². The standard InChI is InChI=1S/C20H18N2O3/c1-24-16-9-6-14(7-10-16)17-13-15(8-11-19(17)25-2)22-20(23)18-5-3-4-12-21-18/h3-13H,1-2H3,(H,22,23). The van der Waals surface area contributed by atoms with Crippen molar-refractivity contribution in [3.8, 4) is 22.6 Å². The van der Waals surface area contributed by atoms with Crippen LogP contribution in [0.2, 0.25) is 0 Å². The van der Waals surface area contributed by atoms with E-state index in [1.165, 1.54) is 0 Å². The van der Waals surface area contributed by atoms with Gasteiger partial charge in [-0.15, -0.1) is 0 Å². The number of carbonyl (C=O) groups is 1. The van der Waals surface area contributed by atoms with Crippen molar-refractivity contribution >= 4 is 11.6 Å². The monoisotopic (exact) mass is 334 g/mol. The van der Waals surface area contributed by atoms with Crippen LogP contribution < -0.4 is 14.8 Å². The molecule has 25 heavy (non-hydrogen) atoms. The number of aromatic nitrogens is 1. The molecular formula is C20H18N2O3. The highest BCUT2D eigenvalue weighted by Crippen LogP contribution is 2.33. The van der Waals surface area contributed by atoms with E-state index in [1.54, 1.807) is 44.7 Å². The third-order valence-corrected chi connectivity index (χ3v) is 3.76. The topological polar surface area (TPSA) is 60.5 Å². The van der Waals surface area contributed by atoms with Gasteiger partial charge in [-0.1, -0.05) is 18.2 Å². The average molecular weight is 334 g/mol. The molecule has 0 saturated heterocycles. The molecular weight excluding hydrogens is 316 g/mol. The number of nitrogens with zero attached hydrogens (tertiary/aromatic N) is 1. The van der Waals surface area contributed by atoms with Gasteiger partial charge in [0.15, 0.2) is 0 Å². The van der Waals surface area contributed by atoms with E-state index < -0.39 is 0 Å². The van der Waals surface area contributed by atoms with E-state index in [4.69, 9.17) is 9.47 Å². The van der Waals surface area contributed by atoms with Gasteiger partial charge in [-0.3, -0.25) is 9.78 Å². The molecule has 3 rings (SSSR count). The number of amides is 1. The lowest BCUT2D eigenvalue weighted by molar-refractivity contribution is 0.102. The van der Waals surface area contributed by atoms with Crippen LogP contribution in [0.25, 0.3) is 11.1 Å². The lowest BCUT2D eigenvalue weighted by atomic mass is 10.0. The summed E-state index contributed by atoms with van der Waals surface area (Å²) in [7, 11) is 3.25. The van der Waals surface area contributed by atoms with Gasteiger partial charge in [0, 0.05) is 17.4 Å². The molecule has 5 heteroatoms. The van der Waals surface area contributed by atoms with Crippen LogP contribution in [0.4, 0.5) is 5.69 Å². The molecule has 0 unspecified atom stereocenters. The van der Waals surface area contributed by atoms with Gasteiger partial charge in [0.25, 0.3) is 5.91 Å². The summed E-state index contributed by atoms with van der Waals surface area (Å²) < 4.78 is 10.6. The number of hydrogen-bond donors (Lipinski definition) is 1. The molecule has 2 aromatic carbocycles. The minimum atomic E-state index is -0.258. The van der Waals surface area contributed by atoms with E-state index in [-0.39, 0.29) is 5.91 Å². The van der Waals surface area contributed by atoms with E-state index in [0.717, 1.165) is 22.6 Å². The van der Waals surface area contributed by atoms with Crippen LogP contribution >= 0.6 is 0 Å². The molecule has 0 aliphatic rings. The Morgan fingerprint density at radius 2 is 1.76 bits per heavy atom. The van der Waals surface area contributed by atoms with Gasteiger partial charge in [0.2, 0.25) is 0 Å². The Kier molecular flexibility index (Phi) is 4.95. The largest absolute Gasteiger partial charge is 0.497 e. The number of ether oxygens (including phenoxy) is 2. The van der Waals surface area contributed by atoms with Crippen LogP contribution in [0.5, 0.6) is 11.5 Å². The number of benzene rings is 2. The summed E-state index contributed by atoms with van der Waals surface area (Å²) in [5.74, 6) is 1.25. The van der Waals surface area contributed by atoms with Gasteiger partial charge in [-0.2, -0.15) is 0 Å². The molecule has 3 aromatic rings. The average Bonchev–Trinajstić information content (AvgIpc) is 2.68. The third-order valence-electron chi connectivity index (χ3n) is 3.76. The summed E-state index contributed by atoms with van der Waals surface area (Å²) in [6.45, 7) is 0. The Morgan fingerprint density at radius 3 is 2.40 bits per heavy atom. The predicted molar refractivity (Wildman–Crippen MR) is 97.2 cm³/mol. The number of nitrogens with one attached hydrogen (secondary N) is 1. The summed E-state index contributed by atoms with van der Waals surface area (Å²) in [4.78, 5) is 16.3. The summed E-state index contributed by atoms with van der Waals surface area (Å²) in [5.41, 5.74) is 2.88. The molecule has 5 nitrogen and oxygen atoms in total. The zero-order chi connectivity index (χ0) is 17.6. The zero-order valence-corrected chi connectivity index (χ0v) is 14.0. The van der Waals surface area contributed by atoms with Crippen molar-refractivity contribution in [1.82, 2.24) is 4.98 Å². The summed E-state index contributed by atoms with van der Waals surface area (Å²) >= 11 is 0. The molecule has 1 N–H and O–H groups in total. The zero-order valence-electron chi connectivity index (χ0n) is 14.0. The molecule has 1 aromatic heterocycles. The SMILES string of the molecule is COc1ccc(-c2cc(NC(=O)c3ccccn3)ccc2OC)cc1. The predicted octanol–water partition coefficient (Wildman–Crippen LogP) is 4.02. The fourth-order valence-electron chi connectivity index (χ4n) is 2.47. The molecule has 0 aliphatic heterocycles. The second-order valence-corrected chi connectivity index (χ2v) is 5.31. The quantitative estimate of drug-likeness (QED) is 0.765. The molecule has 0 atom stereocenters. The number of methoxy groups -OCH3 is 2. The Hall–Kier alpha value is -3.34. The number of hydrogen-bond acceptors (Lipinski definition) is 4. The Morgan fingerprint density at radius 1 is 0.960 bits per heavy atom. The van der Waals surface area contributed by atoms with Gasteiger partial charge < -0.3 is 14.8 Å². The van der Waals surface area contributed by atoms with Crippen molar-refractivity contribution in [2.45, 2.75) is 0 Å². The molecule has 0 aliphatic carbocycles. The Labute approximate surface area is 146 Å². The van der Waals surface area contributed by atoms with Gasteiger partial charge >= 0.3 is 0 Å². The van der Waals surface area contributed by atoms with Crippen LogP contribution in [0.3, 0.4) is 0 Å². The maximum Gasteiger partial charge on any atom is 0.274 e. The lowest BCUT2D eigenvalue weighted by Crippen LogP contribution is -2.13. The smallest absolute Gasteiger partial charge is 0.274 e. The van der Waals surface area contributed by atoms with E-state index in [9.17, 15) is 4.79 Å². The van der Waals surface area contributed by atoms with Crippen LogP contribution in [-0.2, 0) is 0 Å². The van der Waals surface area contributed by atoms with Crippen molar-refractivity contribution in [2.24, 2.45) is 0 Å². The van der Waals surface area contributed by atoms with Crippen LogP contribution in [0, 0.1) is 0 Å². The molecule has 0 radical (unpaired) electrons. The highest BCUT2D eigenvalue weighted by atomic mass is 16.5. The first-order valence-corrected chi connectivity index (χ1v) is 7.76. The Bertz CT molecular complexity index is 862. The molecule has 0 spiro atoms. The molecule has 0 saturated carbocycles. The van der Waals surface area contributed by atoms with Gasteiger partial charge in [-0.05, 0) is 48.0 Å². The van der Waals surface area contributed by atoms with Crippen molar-refractivity contribution in [3.63, 3.8) is 0 Å². The molecule has 0 bridgehead atoms. The highest BCUT2D eigenvalue weighted by Gasteiger charge is 2.11. The van der Waals surface area contributed by atoms with Crippen molar-refractivity contribution in [2.75, 3.05) is 19.5 Å². The maximum absolute atomic E-state index is 12.3. The van der Waals surface area contributed by atoms with Gasteiger partial charge in [0.05, 0.1) is 14.2 Å². The number of rotatable bonds is 5. The molecule has 1 amide bonds. The molecule has 0 fully saturated rings. The summed E-state index contributed by atoms with van der Waals surface area (Å²) in [6, 6.07) is 18.4. The third kappa shape index (κ3) is 3.77. The lowest BCUT2D eigenvalue weighted by Gasteiger charge is -2.12. The first-order valence-electron chi connectivity index (χ1n) is 7.76. The summed E-state index contributed by atoms with van der Waals surface area (Å²) in [6.07, 6.45) is 1.59. The summed E-state index contributed by atoms with van der Waals surface area (Å²) in [5, 5.41) is 2.86. The minimum absolute atomic E-state index is 0.258. The first kappa shape index (κ1) is 16.5. The fraction of sp³-hybridized carbons (Fsp3) is 0.100. The van der Waals surface area contributed by atoms with E-state index in [1.807, 2.05) is 36.4 Å².